The zero-order valence-electron chi connectivity index (χ0n) is 16.3. The molecule has 0 saturated heterocycles. The van der Waals surface area contributed by atoms with E-state index in [1.165, 1.54) is 30.7 Å². The lowest BCUT2D eigenvalue weighted by Gasteiger charge is -2.18. The van der Waals surface area contributed by atoms with Crippen molar-refractivity contribution in [2.24, 2.45) is 0 Å². The fraction of sp³-hybridized carbons (Fsp3) is 0.400. The highest BCUT2D eigenvalue weighted by Gasteiger charge is 2.30. The second kappa shape index (κ2) is 7.05. The fourth-order valence-corrected chi connectivity index (χ4v) is 4.44. The molecule has 6 nitrogen and oxygen atoms in total. The maximum atomic E-state index is 12.9. The molecule has 1 aliphatic heterocycles. The van der Waals surface area contributed by atoms with Crippen LogP contribution in [0.25, 0.3) is 0 Å². The van der Waals surface area contributed by atoms with Gasteiger partial charge in [-0.25, -0.2) is 8.42 Å². The van der Waals surface area contributed by atoms with Crippen LogP contribution in [0, 0.1) is 0 Å². The summed E-state index contributed by atoms with van der Waals surface area (Å²) in [5.41, 5.74) is 1.80. The number of ether oxygens (including phenoxy) is 3. The third-order valence-electron chi connectivity index (χ3n) is 4.60. The van der Waals surface area contributed by atoms with Gasteiger partial charge >= 0.3 is 0 Å². The summed E-state index contributed by atoms with van der Waals surface area (Å²) in [5.74, 6) is 1.73. The Balaban J connectivity index is 1.83. The van der Waals surface area contributed by atoms with E-state index in [9.17, 15) is 8.42 Å². The van der Waals surface area contributed by atoms with Gasteiger partial charge in [-0.2, -0.15) is 4.31 Å². The molecule has 0 atom stereocenters. The van der Waals surface area contributed by atoms with E-state index in [4.69, 9.17) is 14.2 Å². The van der Waals surface area contributed by atoms with Gasteiger partial charge in [0.15, 0.2) is 11.5 Å². The van der Waals surface area contributed by atoms with Crippen LogP contribution in [0.3, 0.4) is 0 Å². The number of sulfonamides is 1. The van der Waals surface area contributed by atoms with Gasteiger partial charge in [0.2, 0.25) is 10.0 Å². The first-order valence-corrected chi connectivity index (χ1v) is 10.1. The molecule has 0 spiro atoms. The summed E-state index contributed by atoms with van der Waals surface area (Å²) in [6.45, 7) is 4.35. The van der Waals surface area contributed by atoms with E-state index in [-0.39, 0.29) is 17.0 Å². The van der Waals surface area contributed by atoms with Gasteiger partial charge in [-0.1, -0.05) is 12.1 Å². The normalized spacial score (nSPS) is 15.3. The van der Waals surface area contributed by atoms with Gasteiger partial charge in [-0.05, 0) is 43.2 Å². The van der Waals surface area contributed by atoms with Crippen LogP contribution in [0.15, 0.2) is 41.3 Å². The van der Waals surface area contributed by atoms with Crippen LogP contribution in [-0.4, -0.2) is 39.6 Å². The summed E-state index contributed by atoms with van der Waals surface area (Å²) in [4.78, 5) is 0.160. The van der Waals surface area contributed by atoms with E-state index in [1.807, 2.05) is 32.0 Å². The molecule has 0 aromatic heterocycles. The maximum Gasteiger partial charge on any atom is 0.243 e. The van der Waals surface area contributed by atoms with E-state index >= 15 is 0 Å². The monoisotopic (exact) mass is 391 g/mol. The molecule has 146 valence electrons. The van der Waals surface area contributed by atoms with Gasteiger partial charge in [0.05, 0.1) is 19.1 Å². The largest absolute Gasteiger partial charge is 0.493 e. The van der Waals surface area contributed by atoms with Crippen molar-refractivity contribution >= 4 is 10.0 Å². The SMILES string of the molecule is COc1ccc(S(=O)(=O)N(C)Cc2ccc3c(c2)CC(C)(C)O3)cc1OC. The molecular weight excluding hydrogens is 366 g/mol. The summed E-state index contributed by atoms with van der Waals surface area (Å²) in [6, 6.07) is 10.4. The second-order valence-electron chi connectivity index (χ2n) is 7.26. The lowest BCUT2D eigenvalue weighted by molar-refractivity contribution is 0.138. The highest BCUT2D eigenvalue weighted by molar-refractivity contribution is 7.89. The number of hydrogen-bond acceptors (Lipinski definition) is 5. The van der Waals surface area contributed by atoms with E-state index in [0.29, 0.717) is 11.5 Å². The first kappa shape index (κ1) is 19.5. The van der Waals surface area contributed by atoms with Crippen molar-refractivity contribution in [1.29, 1.82) is 0 Å². The minimum atomic E-state index is -3.67. The number of methoxy groups -OCH3 is 2. The quantitative estimate of drug-likeness (QED) is 0.756. The molecule has 0 unspecified atom stereocenters. The Bertz CT molecular complexity index is 953. The Hall–Kier alpha value is -2.25. The first-order chi connectivity index (χ1) is 12.7. The van der Waals surface area contributed by atoms with Crippen molar-refractivity contribution in [3.8, 4) is 17.2 Å². The second-order valence-corrected chi connectivity index (χ2v) is 9.30. The molecule has 3 rings (SSSR count). The Labute approximate surface area is 160 Å². The van der Waals surface area contributed by atoms with Crippen LogP contribution in [0.2, 0.25) is 0 Å². The molecule has 0 N–H and O–H groups in total. The van der Waals surface area contributed by atoms with Crippen molar-refractivity contribution in [3.63, 3.8) is 0 Å². The third-order valence-corrected chi connectivity index (χ3v) is 6.40. The molecule has 1 aliphatic rings. The zero-order valence-corrected chi connectivity index (χ0v) is 17.1. The van der Waals surface area contributed by atoms with Crippen molar-refractivity contribution in [1.82, 2.24) is 4.31 Å². The van der Waals surface area contributed by atoms with E-state index < -0.39 is 10.0 Å². The van der Waals surface area contributed by atoms with Crippen molar-refractivity contribution < 1.29 is 22.6 Å². The highest BCUT2D eigenvalue weighted by Crippen LogP contribution is 2.36. The minimum absolute atomic E-state index is 0.160. The Morgan fingerprint density at radius 2 is 1.78 bits per heavy atom. The molecule has 27 heavy (non-hydrogen) atoms. The van der Waals surface area contributed by atoms with Gasteiger partial charge < -0.3 is 14.2 Å². The predicted octanol–water partition coefficient (Wildman–Crippen LogP) is 3.24. The van der Waals surface area contributed by atoms with Crippen molar-refractivity contribution in [2.45, 2.75) is 37.3 Å². The number of nitrogens with zero attached hydrogens (tertiary/aromatic N) is 1. The predicted molar refractivity (Wildman–Crippen MR) is 103 cm³/mol. The van der Waals surface area contributed by atoms with Crippen LogP contribution in [0.4, 0.5) is 0 Å². The Morgan fingerprint density at radius 3 is 2.44 bits per heavy atom. The van der Waals surface area contributed by atoms with Crippen molar-refractivity contribution in [3.05, 3.63) is 47.5 Å². The lowest BCUT2D eigenvalue weighted by atomic mass is 10.0. The topological polar surface area (TPSA) is 65.1 Å². The van der Waals surface area contributed by atoms with Crippen molar-refractivity contribution in [2.75, 3.05) is 21.3 Å². The summed E-state index contributed by atoms with van der Waals surface area (Å²) >= 11 is 0. The van der Waals surface area contributed by atoms with Crippen LogP contribution in [0.1, 0.15) is 25.0 Å². The van der Waals surface area contributed by atoms with Gasteiger partial charge in [0, 0.05) is 26.1 Å². The maximum absolute atomic E-state index is 12.9. The third kappa shape index (κ3) is 3.89. The smallest absolute Gasteiger partial charge is 0.243 e. The van der Waals surface area contributed by atoms with E-state index in [0.717, 1.165) is 23.3 Å². The van der Waals surface area contributed by atoms with Gasteiger partial charge in [-0.15, -0.1) is 0 Å². The summed E-state index contributed by atoms with van der Waals surface area (Å²) < 4.78 is 43.5. The summed E-state index contributed by atoms with van der Waals surface area (Å²) in [7, 11) is 0.893. The summed E-state index contributed by atoms with van der Waals surface area (Å²) in [5, 5.41) is 0. The molecule has 2 aromatic carbocycles. The molecule has 2 aromatic rings. The standard InChI is InChI=1S/C20H25NO5S/c1-20(2)12-15-10-14(6-8-17(15)26-20)13-21(3)27(22,23)16-7-9-18(24-4)19(11-16)25-5/h6-11H,12-13H2,1-5H3. The van der Waals surface area contributed by atoms with Gasteiger partial charge in [-0.3, -0.25) is 0 Å². The van der Waals surface area contributed by atoms with Gasteiger partial charge in [0.25, 0.3) is 0 Å². The molecule has 0 aliphatic carbocycles. The molecule has 7 heteroatoms. The summed E-state index contributed by atoms with van der Waals surface area (Å²) in [6.07, 6.45) is 0.808. The number of hydrogen-bond donors (Lipinski definition) is 0. The number of rotatable bonds is 6. The van der Waals surface area contributed by atoms with E-state index in [2.05, 4.69) is 0 Å². The zero-order chi connectivity index (χ0) is 19.8. The number of benzene rings is 2. The fourth-order valence-electron chi connectivity index (χ4n) is 3.26. The van der Waals surface area contributed by atoms with Crippen LogP contribution >= 0.6 is 0 Å². The van der Waals surface area contributed by atoms with Crippen LogP contribution in [0.5, 0.6) is 17.2 Å². The van der Waals surface area contributed by atoms with Crippen LogP contribution < -0.4 is 14.2 Å². The lowest BCUT2D eigenvalue weighted by Crippen LogP contribution is -2.26. The number of fused-ring (bicyclic) bond motifs is 1. The molecule has 0 amide bonds. The average Bonchev–Trinajstić information content (AvgIpc) is 2.93. The molecular formula is C20H25NO5S. The molecule has 0 fully saturated rings. The molecule has 0 bridgehead atoms. The average molecular weight is 391 g/mol. The Morgan fingerprint density at radius 1 is 1.07 bits per heavy atom. The first-order valence-electron chi connectivity index (χ1n) is 8.65. The van der Waals surface area contributed by atoms with Crippen LogP contribution in [-0.2, 0) is 23.0 Å². The molecule has 0 radical (unpaired) electrons. The molecule has 0 saturated carbocycles. The minimum Gasteiger partial charge on any atom is -0.493 e. The highest BCUT2D eigenvalue weighted by atomic mass is 32.2. The Kier molecular flexibility index (Phi) is 5.10. The van der Waals surface area contributed by atoms with E-state index in [1.54, 1.807) is 13.1 Å². The van der Waals surface area contributed by atoms with Gasteiger partial charge in [0.1, 0.15) is 11.4 Å². The molecule has 1 heterocycles.